The molecule has 4 heteroatoms. The second-order valence-corrected chi connectivity index (χ2v) is 5.01. The number of benzene rings is 1. The van der Waals surface area contributed by atoms with Crippen molar-refractivity contribution in [3.63, 3.8) is 0 Å². The van der Waals surface area contributed by atoms with Crippen molar-refractivity contribution < 1.29 is 4.74 Å². The van der Waals surface area contributed by atoms with Crippen molar-refractivity contribution in [2.45, 2.75) is 32.2 Å². The van der Waals surface area contributed by atoms with Crippen molar-refractivity contribution in [2.24, 2.45) is 12.8 Å². The van der Waals surface area contributed by atoms with Crippen molar-refractivity contribution in [2.75, 3.05) is 6.61 Å². The summed E-state index contributed by atoms with van der Waals surface area (Å²) in [6.07, 6.45) is 4.66. The highest BCUT2D eigenvalue weighted by molar-refractivity contribution is 5.30. The molecule has 0 saturated heterocycles. The van der Waals surface area contributed by atoms with Crippen LogP contribution in [0.3, 0.4) is 0 Å². The lowest BCUT2D eigenvalue weighted by Gasteiger charge is -2.13. The molecule has 1 unspecified atom stereocenters. The zero-order valence-electron chi connectivity index (χ0n) is 12.2. The molecule has 1 aromatic carbocycles. The Bertz CT molecular complexity index is 536. The van der Waals surface area contributed by atoms with Gasteiger partial charge in [-0.2, -0.15) is 5.10 Å². The van der Waals surface area contributed by atoms with Gasteiger partial charge in [-0.25, -0.2) is 0 Å². The molecule has 0 aliphatic heterocycles. The molecule has 0 amide bonds. The van der Waals surface area contributed by atoms with E-state index < -0.39 is 0 Å². The number of nitrogens with zero attached hydrogens (tertiary/aromatic N) is 2. The van der Waals surface area contributed by atoms with Crippen molar-refractivity contribution in [1.29, 1.82) is 0 Å². The molecule has 0 radical (unpaired) electrons. The summed E-state index contributed by atoms with van der Waals surface area (Å²) in [5.41, 5.74) is 8.61. The summed E-state index contributed by atoms with van der Waals surface area (Å²) in [6.45, 7) is 2.84. The van der Waals surface area contributed by atoms with Crippen molar-refractivity contribution >= 4 is 0 Å². The molecule has 0 fully saturated rings. The van der Waals surface area contributed by atoms with E-state index in [9.17, 15) is 0 Å². The van der Waals surface area contributed by atoms with Gasteiger partial charge in [0.25, 0.3) is 0 Å². The van der Waals surface area contributed by atoms with Crippen LogP contribution >= 0.6 is 0 Å². The maximum Gasteiger partial charge on any atom is 0.119 e. The van der Waals surface area contributed by atoms with Gasteiger partial charge in [-0.15, -0.1) is 0 Å². The third kappa shape index (κ3) is 3.84. The summed E-state index contributed by atoms with van der Waals surface area (Å²) in [6, 6.07) is 10.1. The van der Waals surface area contributed by atoms with Crippen molar-refractivity contribution in [3.05, 3.63) is 47.8 Å². The van der Waals surface area contributed by atoms with Gasteiger partial charge in [0.1, 0.15) is 5.75 Å². The van der Waals surface area contributed by atoms with Crippen molar-refractivity contribution in [1.82, 2.24) is 9.78 Å². The topological polar surface area (TPSA) is 53.1 Å². The van der Waals surface area contributed by atoms with E-state index in [-0.39, 0.29) is 6.04 Å². The summed E-state index contributed by atoms with van der Waals surface area (Å²) >= 11 is 0. The van der Waals surface area contributed by atoms with Gasteiger partial charge < -0.3 is 10.5 Å². The molecule has 4 nitrogen and oxygen atoms in total. The number of aromatic nitrogens is 2. The third-order valence-electron chi connectivity index (χ3n) is 3.39. The van der Waals surface area contributed by atoms with E-state index in [1.54, 1.807) is 0 Å². The Labute approximate surface area is 120 Å². The highest BCUT2D eigenvalue weighted by Gasteiger charge is 2.09. The highest BCUT2D eigenvalue weighted by atomic mass is 16.5. The Morgan fingerprint density at radius 3 is 2.90 bits per heavy atom. The van der Waals surface area contributed by atoms with E-state index in [0.717, 1.165) is 37.2 Å². The van der Waals surface area contributed by atoms with Crippen LogP contribution in [0.4, 0.5) is 0 Å². The zero-order valence-corrected chi connectivity index (χ0v) is 12.2. The summed E-state index contributed by atoms with van der Waals surface area (Å²) in [4.78, 5) is 0. The number of rotatable bonds is 7. The van der Waals surface area contributed by atoms with Crippen LogP contribution in [0, 0.1) is 0 Å². The van der Waals surface area contributed by atoms with Gasteiger partial charge in [0.2, 0.25) is 0 Å². The molecule has 2 N–H and O–H groups in total. The van der Waals surface area contributed by atoms with Gasteiger partial charge in [0.15, 0.2) is 0 Å². The van der Waals surface area contributed by atoms with Crippen LogP contribution in [0.25, 0.3) is 0 Å². The third-order valence-corrected chi connectivity index (χ3v) is 3.39. The highest BCUT2D eigenvalue weighted by Crippen LogP contribution is 2.21. The van der Waals surface area contributed by atoms with Gasteiger partial charge in [-0.3, -0.25) is 4.68 Å². The van der Waals surface area contributed by atoms with E-state index >= 15 is 0 Å². The second-order valence-electron chi connectivity index (χ2n) is 5.01. The molecular formula is C16H23N3O. The van der Waals surface area contributed by atoms with E-state index in [2.05, 4.69) is 18.1 Å². The molecule has 0 aliphatic rings. The lowest BCUT2D eigenvalue weighted by Crippen LogP contribution is -2.12. The summed E-state index contributed by atoms with van der Waals surface area (Å²) in [5.74, 6) is 0.903. The monoisotopic (exact) mass is 273 g/mol. The fourth-order valence-electron chi connectivity index (χ4n) is 2.17. The van der Waals surface area contributed by atoms with Crippen LogP contribution < -0.4 is 10.5 Å². The molecule has 0 spiro atoms. The molecule has 2 rings (SSSR count). The number of nitrogens with two attached hydrogens (primary N) is 1. The van der Waals surface area contributed by atoms with E-state index in [4.69, 9.17) is 10.5 Å². The number of hydrogen-bond acceptors (Lipinski definition) is 3. The first-order valence-electron chi connectivity index (χ1n) is 7.16. The Morgan fingerprint density at radius 2 is 2.20 bits per heavy atom. The summed E-state index contributed by atoms with van der Waals surface area (Å²) in [5, 5.41) is 4.17. The molecule has 1 aromatic heterocycles. The summed E-state index contributed by atoms with van der Waals surface area (Å²) < 4.78 is 7.54. The predicted molar refractivity (Wildman–Crippen MR) is 80.7 cm³/mol. The molecule has 20 heavy (non-hydrogen) atoms. The van der Waals surface area contributed by atoms with Crippen LogP contribution in [-0.4, -0.2) is 16.4 Å². The zero-order chi connectivity index (χ0) is 14.4. The van der Waals surface area contributed by atoms with Gasteiger partial charge in [-0.05, 0) is 43.0 Å². The van der Waals surface area contributed by atoms with Crippen LogP contribution in [0.1, 0.15) is 37.1 Å². The van der Waals surface area contributed by atoms with Gasteiger partial charge >= 0.3 is 0 Å². The predicted octanol–water partition coefficient (Wildman–Crippen LogP) is 2.84. The molecule has 0 aliphatic carbocycles. The largest absolute Gasteiger partial charge is 0.494 e. The van der Waals surface area contributed by atoms with E-state index in [1.807, 2.05) is 42.2 Å². The summed E-state index contributed by atoms with van der Waals surface area (Å²) in [7, 11) is 1.96. The Kier molecular flexibility index (Phi) is 5.18. The normalized spacial score (nSPS) is 12.3. The number of ether oxygens (including phenoxy) is 1. The maximum absolute atomic E-state index is 6.27. The SMILES string of the molecule is CCCOc1cccc(C(N)CCc2ccnn2C)c1. The molecule has 108 valence electrons. The first-order chi connectivity index (χ1) is 9.70. The van der Waals surface area contributed by atoms with Gasteiger partial charge in [0.05, 0.1) is 6.61 Å². The lowest BCUT2D eigenvalue weighted by atomic mass is 10.0. The maximum atomic E-state index is 6.27. The minimum absolute atomic E-state index is 0.0232. The molecular weight excluding hydrogens is 250 g/mol. The first-order valence-corrected chi connectivity index (χ1v) is 7.16. The molecule has 0 bridgehead atoms. The molecule has 1 heterocycles. The second kappa shape index (κ2) is 7.10. The number of aryl methyl sites for hydroxylation is 2. The Hall–Kier alpha value is -1.81. The smallest absolute Gasteiger partial charge is 0.119 e. The lowest BCUT2D eigenvalue weighted by molar-refractivity contribution is 0.317. The Morgan fingerprint density at radius 1 is 1.35 bits per heavy atom. The minimum atomic E-state index is 0.0232. The molecule has 2 aromatic rings. The van der Waals surface area contributed by atoms with Crippen LogP contribution in [0.5, 0.6) is 5.75 Å². The molecule has 1 atom stereocenters. The standard InChI is InChI=1S/C16H23N3O/c1-3-11-20-15-6-4-5-13(12-15)16(17)8-7-14-9-10-18-19(14)2/h4-6,9-10,12,16H,3,7-8,11,17H2,1-2H3. The van der Waals surface area contributed by atoms with E-state index in [1.165, 1.54) is 5.69 Å². The van der Waals surface area contributed by atoms with Crippen LogP contribution in [0.2, 0.25) is 0 Å². The van der Waals surface area contributed by atoms with Gasteiger partial charge in [0, 0.05) is 25.0 Å². The average molecular weight is 273 g/mol. The van der Waals surface area contributed by atoms with Crippen LogP contribution in [-0.2, 0) is 13.5 Å². The Balaban J connectivity index is 1.94. The quantitative estimate of drug-likeness (QED) is 0.844. The van der Waals surface area contributed by atoms with Crippen LogP contribution in [0.15, 0.2) is 36.5 Å². The number of hydrogen-bond donors (Lipinski definition) is 1. The fourth-order valence-corrected chi connectivity index (χ4v) is 2.17. The fraction of sp³-hybridized carbons (Fsp3) is 0.438. The van der Waals surface area contributed by atoms with Crippen molar-refractivity contribution in [3.8, 4) is 5.75 Å². The van der Waals surface area contributed by atoms with E-state index in [0.29, 0.717) is 0 Å². The molecule has 0 saturated carbocycles. The average Bonchev–Trinajstić information content (AvgIpc) is 2.88. The minimum Gasteiger partial charge on any atom is -0.494 e. The first kappa shape index (κ1) is 14.6. The van der Waals surface area contributed by atoms with Gasteiger partial charge in [-0.1, -0.05) is 19.1 Å².